The highest BCUT2D eigenvalue weighted by atomic mass is 32.2. The van der Waals surface area contributed by atoms with Crippen LogP contribution in [0.5, 0.6) is 0 Å². The lowest BCUT2D eigenvalue weighted by Gasteiger charge is -2.38. The third kappa shape index (κ3) is 6.17. The van der Waals surface area contributed by atoms with Crippen LogP contribution in [0.15, 0.2) is 126 Å². The van der Waals surface area contributed by atoms with E-state index in [2.05, 4.69) is 77.5 Å². The van der Waals surface area contributed by atoms with Crippen molar-refractivity contribution >= 4 is 10.0 Å². The molecule has 4 aromatic carbocycles. The van der Waals surface area contributed by atoms with E-state index < -0.39 is 10.0 Å². The zero-order valence-corrected chi connectivity index (χ0v) is 21.8. The standard InChI is InChI=1S/C31H33N3O2S/c35-37(36,29-19-11-4-12-20-29)32-25-30(26-13-5-1-6-14-26)33-21-23-34(24-22-33)31(27-15-7-2-8-16-27)28-17-9-3-10-18-28/h1-20,30-32H,21-25H2/p+2/t30-/m1/s1. The van der Waals surface area contributed by atoms with Crippen LogP contribution in [0.2, 0.25) is 0 Å². The Labute approximate surface area is 220 Å². The molecule has 0 aromatic heterocycles. The van der Waals surface area contributed by atoms with Crippen LogP contribution >= 0.6 is 0 Å². The average molecular weight is 514 g/mol. The molecule has 1 aliphatic rings. The molecule has 1 fully saturated rings. The molecule has 1 atom stereocenters. The first-order chi connectivity index (χ1) is 18.1. The van der Waals surface area contributed by atoms with Crippen molar-refractivity contribution < 1.29 is 18.2 Å². The third-order valence-corrected chi connectivity index (χ3v) is 8.87. The normalized spacial score (nSPS) is 18.9. The molecular formula is C31H35N3O2S+2. The highest BCUT2D eigenvalue weighted by Crippen LogP contribution is 2.19. The monoisotopic (exact) mass is 513 g/mol. The fourth-order valence-corrected chi connectivity index (χ4v) is 6.61. The molecule has 0 amide bonds. The molecule has 0 spiro atoms. The van der Waals surface area contributed by atoms with Crippen LogP contribution < -0.4 is 14.5 Å². The summed E-state index contributed by atoms with van der Waals surface area (Å²) in [6.45, 7) is 4.33. The number of piperazine rings is 1. The van der Waals surface area contributed by atoms with Crippen molar-refractivity contribution in [3.05, 3.63) is 138 Å². The van der Waals surface area contributed by atoms with Gasteiger partial charge in [-0.05, 0) is 12.1 Å². The van der Waals surface area contributed by atoms with Gasteiger partial charge >= 0.3 is 0 Å². The van der Waals surface area contributed by atoms with E-state index in [4.69, 9.17) is 0 Å². The Hall–Kier alpha value is -3.29. The molecular weight excluding hydrogens is 478 g/mol. The Kier molecular flexibility index (Phi) is 8.12. The van der Waals surface area contributed by atoms with E-state index >= 15 is 0 Å². The van der Waals surface area contributed by atoms with E-state index in [1.165, 1.54) is 21.6 Å². The molecule has 5 rings (SSSR count). The van der Waals surface area contributed by atoms with E-state index in [1.807, 2.05) is 24.3 Å². The summed E-state index contributed by atoms with van der Waals surface area (Å²) in [6, 6.07) is 40.8. The SMILES string of the molecule is O=S(=O)(NC[C@H](c1ccccc1)[NH+]1CC[NH+](C(c2ccccc2)c2ccccc2)CC1)c1ccccc1. The molecule has 37 heavy (non-hydrogen) atoms. The molecule has 1 aliphatic heterocycles. The number of benzene rings is 4. The molecule has 1 heterocycles. The zero-order valence-electron chi connectivity index (χ0n) is 21.0. The number of rotatable bonds is 9. The van der Waals surface area contributed by atoms with Crippen molar-refractivity contribution in [2.75, 3.05) is 32.7 Å². The molecule has 4 aromatic rings. The summed E-state index contributed by atoms with van der Waals surface area (Å²) < 4.78 is 28.9. The van der Waals surface area contributed by atoms with E-state index in [9.17, 15) is 8.42 Å². The summed E-state index contributed by atoms with van der Waals surface area (Å²) in [5.41, 5.74) is 3.84. The van der Waals surface area contributed by atoms with E-state index in [0.29, 0.717) is 11.4 Å². The van der Waals surface area contributed by atoms with Gasteiger partial charge in [-0.1, -0.05) is 109 Å². The minimum absolute atomic E-state index is 0.0492. The average Bonchev–Trinajstić information content (AvgIpc) is 2.96. The molecule has 190 valence electrons. The summed E-state index contributed by atoms with van der Waals surface area (Å²) in [6.07, 6.45) is 0. The number of hydrogen-bond acceptors (Lipinski definition) is 2. The number of nitrogens with one attached hydrogen (secondary N) is 3. The maximum absolute atomic E-state index is 13.0. The minimum Gasteiger partial charge on any atom is -0.318 e. The summed E-state index contributed by atoms with van der Waals surface area (Å²) in [7, 11) is -3.57. The van der Waals surface area contributed by atoms with Gasteiger partial charge < -0.3 is 9.80 Å². The van der Waals surface area contributed by atoms with Crippen LogP contribution in [0.3, 0.4) is 0 Å². The van der Waals surface area contributed by atoms with Gasteiger partial charge in [-0.15, -0.1) is 0 Å². The largest absolute Gasteiger partial charge is 0.318 e. The summed E-state index contributed by atoms with van der Waals surface area (Å²) in [4.78, 5) is 3.28. The van der Waals surface area contributed by atoms with Gasteiger partial charge in [0.25, 0.3) is 0 Å². The third-order valence-electron chi connectivity index (χ3n) is 7.43. The minimum atomic E-state index is -3.57. The summed E-state index contributed by atoms with van der Waals surface area (Å²) in [5, 5.41) is 0. The molecule has 0 bridgehead atoms. The lowest BCUT2D eigenvalue weighted by Crippen LogP contribution is -3.28. The Bertz CT molecular complexity index is 1300. The van der Waals surface area contributed by atoms with Gasteiger partial charge in [-0.2, -0.15) is 0 Å². The first kappa shape index (κ1) is 25.4. The highest BCUT2D eigenvalue weighted by Gasteiger charge is 2.35. The van der Waals surface area contributed by atoms with Crippen molar-refractivity contribution in [3.63, 3.8) is 0 Å². The number of hydrogen-bond donors (Lipinski definition) is 3. The highest BCUT2D eigenvalue weighted by molar-refractivity contribution is 7.89. The Morgan fingerprint density at radius 2 is 0.973 bits per heavy atom. The van der Waals surface area contributed by atoms with Gasteiger partial charge in [0.05, 0.1) is 11.4 Å². The smallest absolute Gasteiger partial charge is 0.240 e. The quantitative estimate of drug-likeness (QED) is 0.322. The second-order valence-electron chi connectivity index (χ2n) is 9.70. The van der Waals surface area contributed by atoms with Gasteiger partial charge in [-0.3, -0.25) is 0 Å². The first-order valence-electron chi connectivity index (χ1n) is 13.0. The van der Waals surface area contributed by atoms with Crippen molar-refractivity contribution in [2.24, 2.45) is 0 Å². The Balaban J connectivity index is 1.34. The van der Waals surface area contributed by atoms with Crippen LogP contribution in [-0.2, 0) is 10.0 Å². The maximum Gasteiger partial charge on any atom is 0.240 e. The second kappa shape index (κ2) is 11.8. The predicted molar refractivity (Wildman–Crippen MR) is 147 cm³/mol. The lowest BCUT2D eigenvalue weighted by molar-refractivity contribution is -1.04. The van der Waals surface area contributed by atoms with Crippen molar-refractivity contribution in [1.29, 1.82) is 0 Å². The summed E-state index contributed by atoms with van der Waals surface area (Å²) in [5.74, 6) is 0. The molecule has 0 unspecified atom stereocenters. The van der Waals surface area contributed by atoms with Crippen molar-refractivity contribution in [3.8, 4) is 0 Å². The van der Waals surface area contributed by atoms with Crippen LogP contribution in [-0.4, -0.2) is 41.1 Å². The molecule has 0 radical (unpaired) electrons. The molecule has 6 heteroatoms. The number of quaternary nitrogens is 2. The fraction of sp³-hybridized carbons (Fsp3) is 0.226. The van der Waals surface area contributed by atoms with Gasteiger partial charge in [0.15, 0.2) is 0 Å². The molecule has 0 saturated carbocycles. The van der Waals surface area contributed by atoms with Crippen LogP contribution in [0.1, 0.15) is 28.8 Å². The van der Waals surface area contributed by atoms with Crippen molar-refractivity contribution in [2.45, 2.75) is 17.0 Å². The van der Waals surface area contributed by atoms with Crippen LogP contribution in [0.4, 0.5) is 0 Å². The first-order valence-corrected chi connectivity index (χ1v) is 14.5. The van der Waals surface area contributed by atoms with Crippen molar-refractivity contribution in [1.82, 2.24) is 4.72 Å². The maximum atomic E-state index is 13.0. The Morgan fingerprint density at radius 3 is 1.46 bits per heavy atom. The topological polar surface area (TPSA) is 55.0 Å². The zero-order chi connectivity index (χ0) is 25.5. The van der Waals surface area contributed by atoms with E-state index in [0.717, 1.165) is 26.2 Å². The van der Waals surface area contributed by atoms with Gasteiger partial charge in [0.1, 0.15) is 38.3 Å². The fourth-order valence-electron chi connectivity index (χ4n) is 5.54. The summed E-state index contributed by atoms with van der Waals surface area (Å²) >= 11 is 0. The molecule has 1 saturated heterocycles. The van der Waals surface area contributed by atoms with Gasteiger partial charge in [0, 0.05) is 16.7 Å². The second-order valence-corrected chi connectivity index (χ2v) is 11.5. The predicted octanol–water partition coefficient (Wildman–Crippen LogP) is 2.28. The number of sulfonamides is 1. The molecule has 5 nitrogen and oxygen atoms in total. The lowest BCUT2D eigenvalue weighted by atomic mass is 9.96. The van der Waals surface area contributed by atoms with Crippen LogP contribution in [0, 0.1) is 0 Å². The Morgan fingerprint density at radius 1 is 0.568 bits per heavy atom. The van der Waals surface area contributed by atoms with Crippen LogP contribution in [0.25, 0.3) is 0 Å². The molecule has 3 N–H and O–H groups in total. The van der Waals surface area contributed by atoms with Gasteiger partial charge in [-0.25, -0.2) is 13.1 Å². The van der Waals surface area contributed by atoms with E-state index in [1.54, 1.807) is 29.2 Å². The van der Waals surface area contributed by atoms with E-state index in [-0.39, 0.29) is 12.1 Å². The molecule has 0 aliphatic carbocycles. The van der Waals surface area contributed by atoms with Gasteiger partial charge in [0.2, 0.25) is 10.0 Å².